The molecule has 2 aliphatic heterocycles. The number of ether oxygens (including phenoxy) is 2. The Balaban J connectivity index is 0.000000295. The Labute approximate surface area is 221 Å². The van der Waals surface area contributed by atoms with Crippen molar-refractivity contribution in [3.8, 4) is 11.5 Å². The lowest BCUT2D eigenvalue weighted by Crippen LogP contribution is -2.26. The largest absolute Gasteiger partial charge is 0.481 e. The molecule has 2 aromatic carbocycles. The zero-order valence-electron chi connectivity index (χ0n) is 22.7. The van der Waals surface area contributed by atoms with Crippen LogP contribution in [0.5, 0.6) is 11.5 Å². The van der Waals surface area contributed by atoms with Crippen LogP contribution in [-0.2, 0) is 16.0 Å². The van der Waals surface area contributed by atoms with E-state index in [0.29, 0.717) is 12.3 Å². The van der Waals surface area contributed by atoms with Gasteiger partial charge in [-0.25, -0.2) is 0 Å². The molecule has 2 heterocycles. The van der Waals surface area contributed by atoms with Crippen molar-refractivity contribution in [1.82, 2.24) is 9.80 Å². The third-order valence-electron chi connectivity index (χ3n) is 7.32. The molecule has 202 valence electrons. The molecule has 0 bridgehead atoms. The summed E-state index contributed by atoms with van der Waals surface area (Å²) < 4.78 is 10.8. The summed E-state index contributed by atoms with van der Waals surface area (Å²) in [7, 11) is 2.00. The van der Waals surface area contributed by atoms with E-state index in [1.54, 1.807) is 0 Å². The van der Waals surface area contributed by atoms with Crippen LogP contribution in [0.4, 0.5) is 0 Å². The van der Waals surface area contributed by atoms with Gasteiger partial charge in [0, 0.05) is 31.6 Å². The number of hydrogen-bond acceptors (Lipinski definition) is 5. The van der Waals surface area contributed by atoms with Gasteiger partial charge < -0.3 is 19.5 Å². The highest BCUT2D eigenvalue weighted by atomic mass is 16.7. The molecule has 0 radical (unpaired) electrons. The lowest BCUT2D eigenvalue weighted by molar-refractivity contribution is -0.143. The lowest BCUT2D eigenvalue weighted by atomic mass is 9.82. The van der Waals surface area contributed by atoms with Gasteiger partial charge in [0.05, 0.1) is 5.92 Å². The SMILES string of the molecule is CCCCN(C=O)CCCC.CCc1ccc(C2C(C(=O)O)C(c3ccc4c(c3)OCO4)CN2C)cc1. The van der Waals surface area contributed by atoms with Gasteiger partial charge in [0.15, 0.2) is 11.5 Å². The second kappa shape index (κ2) is 14.0. The average molecular weight is 511 g/mol. The lowest BCUT2D eigenvalue weighted by Gasteiger charge is -2.24. The monoisotopic (exact) mass is 510 g/mol. The number of carbonyl (C=O) groups is 2. The number of likely N-dealkylation sites (N-methyl/N-ethyl adjacent to an activating group) is 1. The number of carboxylic acid groups (broad SMARTS) is 1. The van der Waals surface area contributed by atoms with Crippen molar-refractivity contribution >= 4 is 12.4 Å². The standard InChI is InChI=1S/C21H23NO4.C9H19NO/c1-3-13-4-6-14(7-5-13)20-19(21(23)24)16(11-22(20)2)15-8-9-17-18(10-15)26-12-25-17;1-3-5-7-10(9-11)8-6-4-2/h4-10,16,19-20H,3,11-12H2,1-2H3,(H,23,24);9H,3-8H2,1-2H3. The Bertz CT molecular complexity index is 1000. The number of hydrogen-bond donors (Lipinski definition) is 1. The minimum Gasteiger partial charge on any atom is -0.481 e. The van der Waals surface area contributed by atoms with Crippen LogP contribution >= 0.6 is 0 Å². The summed E-state index contributed by atoms with van der Waals surface area (Å²) in [6.07, 6.45) is 6.52. The topological polar surface area (TPSA) is 79.3 Å². The van der Waals surface area contributed by atoms with Gasteiger partial charge in [-0.2, -0.15) is 0 Å². The summed E-state index contributed by atoms with van der Waals surface area (Å²) in [5.74, 6) is 0.0565. The quantitative estimate of drug-likeness (QED) is 0.403. The van der Waals surface area contributed by atoms with E-state index in [9.17, 15) is 14.7 Å². The number of likely N-dealkylation sites (tertiary alicyclic amines) is 1. The molecule has 1 amide bonds. The number of aryl methyl sites for hydroxylation is 1. The van der Waals surface area contributed by atoms with Crippen molar-refractivity contribution in [3.05, 3.63) is 59.2 Å². The summed E-state index contributed by atoms with van der Waals surface area (Å²) in [5, 5.41) is 10.0. The normalized spacial score (nSPS) is 20.3. The first-order chi connectivity index (χ1) is 17.9. The summed E-state index contributed by atoms with van der Waals surface area (Å²) >= 11 is 0. The van der Waals surface area contributed by atoms with Crippen molar-refractivity contribution in [2.24, 2.45) is 5.92 Å². The van der Waals surface area contributed by atoms with Crippen molar-refractivity contribution in [2.75, 3.05) is 33.5 Å². The maximum atomic E-state index is 12.2. The number of amides is 1. The Hall–Kier alpha value is -3.06. The first-order valence-corrected chi connectivity index (χ1v) is 13.5. The van der Waals surface area contributed by atoms with Crippen LogP contribution in [0.25, 0.3) is 0 Å². The van der Waals surface area contributed by atoms with E-state index >= 15 is 0 Å². The van der Waals surface area contributed by atoms with Crippen LogP contribution in [-0.4, -0.2) is 60.8 Å². The maximum Gasteiger partial charge on any atom is 0.309 e. The molecule has 3 atom stereocenters. The van der Waals surface area contributed by atoms with Crippen LogP contribution in [0.3, 0.4) is 0 Å². The number of carboxylic acids is 1. The van der Waals surface area contributed by atoms with Gasteiger partial charge in [0.2, 0.25) is 13.2 Å². The number of fused-ring (bicyclic) bond motifs is 1. The zero-order valence-corrected chi connectivity index (χ0v) is 22.7. The summed E-state index contributed by atoms with van der Waals surface area (Å²) in [5.41, 5.74) is 3.30. The van der Waals surface area contributed by atoms with Gasteiger partial charge in [-0.05, 0) is 55.1 Å². The fourth-order valence-corrected chi connectivity index (χ4v) is 5.15. The van der Waals surface area contributed by atoms with Gasteiger partial charge in [-0.15, -0.1) is 0 Å². The minimum atomic E-state index is -0.762. The minimum absolute atomic E-state index is 0.0946. The number of unbranched alkanes of at least 4 members (excludes halogenated alkanes) is 2. The predicted molar refractivity (Wildman–Crippen MR) is 145 cm³/mol. The van der Waals surface area contributed by atoms with Crippen molar-refractivity contribution in [2.45, 2.75) is 64.8 Å². The highest BCUT2D eigenvalue weighted by Gasteiger charge is 2.46. The Kier molecular flexibility index (Phi) is 10.8. The van der Waals surface area contributed by atoms with E-state index in [1.807, 2.05) is 30.1 Å². The first-order valence-electron chi connectivity index (χ1n) is 13.5. The predicted octanol–water partition coefficient (Wildman–Crippen LogP) is 5.49. The molecule has 0 spiro atoms. The van der Waals surface area contributed by atoms with E-state index in [0.717, 1.165) is 68.5 Å². The fourth-order valence-electron chi connectivity index (χ4n) is 5.15. The highest BCUT2D eigenvalue weighted by Crippen LogP contribution is 2.46. The number of aliphatic carboxylic acids is 1. The molecule has 0 aromatic heterocycles. The Morgan fingerprint density at radius 1 is 1.00 bits per heavy atom. The van der Waals surface area contributed by atoms with Crippen molar-refractivity contribution in [1.29, 1.82) is 0 Å². The van der Waals surface area contributed by atoms with E-state index in [1.165, 1.54) is 5.56 Å². The van der Waals surface area contributed by atoms with Gasteiger partial charge in [-0.3, -0.25) is 14.5 Å². The maximum absolute atomic E-state index is 12.2. The number of carbonyl (C=O) groups excluding carboxylic acids is 1. The van der Waals surface area contributed by atoms with Crippen LogP contribution in [0, 0.1) is 5.92 Å². The molecule has 7 nitrogen and oxygen atoms in total. The summed E-state index contributed by atoms with van der Waals surface area (Å²) in [6.45, 7) is 9.17. The molecule has 0 aliphatic carbocycles. The molecule has 1 N–H and O–H groups in total. The van der Waals surface area contributed by atoms with Gasteiger partial charge in [0.1, 0.15) is 0 Å². The van der Waals surface area contributed by atoms with E-state index in [2.05, 4.69) is 49.9 Å². The van der Waals surface area contributed by atoms with Gasteiger partial charge in [-0.1, -0.05) is 63.9 Å². The molecule has 1 saturated heterocycles. The molecule has 2 aliphatic rings. The first kappa shape index (κ1) is 28.5. The van der Waals surface area contributed by atoms with E-state index in [-0.39, 0.29) is 18.8 Å². The van der Waals surface area contributed by atoms with Crippen LogP contribution in [0.15, 0.2) is 42.5 Å². The van der Waals surface area contributed by atoms with E-state index in [4.69, 9.17) is 9.47 Å². The average Bonchev–Trinajstić information content (AvgIpc) is 3.53. The molecule has 3 unspecified atom stereocenters. The number of rotatable bonds is 11. The number of benzene rings is 2. The molecule has 37 heavy (non-hydrogen) atoms. The number of nitrogens with zero attached hydrogens (tertiary/aromatic N) is 2. The Morgan fingerprint density at radius 3 is 2.19 bits per heavy atom. The Morgan fingerprint density at radius 2 is 1.62 bits per heavy atom. The molecule has 1 fully saturated rings. The van der Waals surface area contributed by atoms with Crippen molar-refractivity contribution in [3.63, 3.8) is 0 Å². The smallest absolute Gasteiger partial charge is 0.309 e. The fraction of sp³-hybridized carbons (Fsp3) is 0.533. The highest BCUT2D eigenvalue weighted by molar-refractivity contribution is 5.74. The van der Waals surface area contributed by atoms with Gasteiger partial charge in [0.25, 0.3) is 0 Å². The summed E-state index contributed by atoms with van der Waals surface area (Å²) in [6, 6.07) is 13.9. The second-order valence-corrected chi connectivity index (χ2v) is 9.91. The molecule has 0 saturated carbocycles. The summed E-state index contributed by atoms with van der Waals surface area (Å²) in [4.78, 5) is 26.6. The molecule has 7 heteroatoms. The molecular weight excluding hydrogens is 468 g/mol. The zero-order chi connectivity index (χ0) is 26.8. The molecule has 4 rings (SSSR count). The van der Waals surface area contributed by atoms with Crippen LogP contribution < -0.4 is 9.47 Å². The molecule has 2 aromatic rings. The molecular formula is C30H42N2O5. The third kappa shape index (κ3) is 7.25. The van der Waals surface area contributed by atoms with Crippen molar-refractivity contribution < 1.29 is 24.2 Å². The van der Waals surface area contributed by atoms with Crippen LogP contribution in [0.1, 0.15) is 75.1 Å². The van der Waals surface area contributed by atoms with Crippen LogP contribution in [0.2, 0.25) is 0 Å². The van der Waals surface area contributed by atoms with Gasteiger partial charge >= 0.3 is 5.97 Å². The third-order valence-corrected chi connectivity index (χ3v) is 7.32. The van der Waals surface area contributed by atoms with E-state index < -0.39 is 11.9 Å². The second-order valence-electron chi connectivity index (χ2n) is 9.91.